The number of carbonyl (C=O) groups is 2. The fraction of sp³-hybridized carbons (Fsp3) is 0.263. The average molecular weight is 345 g/mol. The standard InChI is InChI=1S/C19H21ClN2O2/c1-3-22(13-16-6-4-5-7-18(16)20)19(24)12-15-8-10-17(11-9-15)21-14(2)23/h4-11H,3,12-13H2,1-2H3,(H,21,23). The summed E-state index contributed by atoms with van der Waals surface area (Å²) in [5.41, 5.74) is 2.57. The number of hydrogen-bond acceptors (Lipinski definition) is 2. The molecule has 0 aliphatic heterocycles. The lowest BCUT2D eigenvalue weighted by Gasteiger charge is -2.21. The number of benzene rings is 2. The van der Waals surface area contributed by atoms with E-state index in [2.05, 4.69) is 5.32 Å². The van der Waals surface area contributed by atoms with Crippen LogP contribution in [0.2, 0.25) is 5.02 Å². The molecule has 0 aliphatic carbocycles. The molecule has 0 aliphatic rings. The van der Waals surface area contributed by atoms with Crippen LogP contribution in [0.15, 0.2) is 48.5 Å². The van der Waals surface area contributed by atoms with Crippen molar-refractivity contribution >= 4 is 29.1 Å². The molecule has 126 valence electrons. The molecule has 2 amide bonds. The maximum atomic E-state index is 12.5. The third-order valence-corrected chi connectivity index (χ3v) is 4.05. The molecule has 5 heteroatoms. The Morgan fingerprint density at radius 3 is 2.33 bits per heavy atom. The lowest BCUT2D eigenvalue weighted by Crippen LogP contribution is -2.31. The second-order valence-corrected chi connectivity index (χ2v) is 5.96. The van der Waals surface area contributed by atoms with Gasteiger partial charge in [0.25, 0.3) is 0 Å². The van der Waals surface area contributed by atoms with Crippen LogP contribution in [0.25, 0.3) is 0 Å². The summed E-state index contributed by atoms with van der Waals surface area (Å²) >= 11 is 6.18. The molecule has 4 nitrogen and oxygen atoms in total. The minimum Gasteiger partial charge on any atom is -0.338 e. The second-order valence-electron chi connectivity index (χ2n) is 5.55. The summed E-state index contributed by atoms with van der Waals surface area (Å²) in [6, 6.07) is 14.9. The molecule has 1 N–H and O–H groups in total. The van der Waals surface area contributed by atoms with Crippen molar-refractivity contribution in [3.8, 4) is 0 Å². The van der Waals surface area contributed by atoms with Gasteiger partial charge in [0, 0.05) is 30.7 Å². The molecule has 0 aromatic heterocycles. The summed E-state index contributed by atoms with van der Waals surface area (Å²) in [6.45, 7) is 4.53. The van der Waals surface area contributed by atoms with Crippen LogP contribution in [0.1, 0.15) is 25.0 Å². The van der Waals surface area contributed by atoms with Crippen molar-refractivity contribution < 1.29 is 9.59 Å². The highest BCUT2D eigenvalue weighted by molar-refractivity contribution is 6.31. The number of anilines is 1. The minimum absolute atomic E-state index is 0.0460. The predicted molar refractivity (Wildman–Crippen MR) is 97.0 cm³/mol. The molecule has 0 bridgehead atoms. The Morgan fingerprint density at radius 1 is 1.08 bits per heavy atom. The van der Waals surface area contributed by atoms with Crippen molar-refractivity contribution in [2.75, 3.05) is 11.9 Å². The van der Waals surface area contributed by atoms with Crippen molar-refractivity contribution in [1.29, 1.82) is 0 Å². The minimum atomic E-state index is -0.115. The smallest absolute Gasteiger partial charge is 0.227 e. The van der Waals surface area contributed by atoms with E-state index in [4.69, 9.17) is 11.6 Å². The van der Waals surface area contributed by atoms with Crippen LogP contribution in [0.4, 0.5) is 5.69 Å². The summed E-state index contributed by atoms with van der Waals surface area (Å²) in [6.07, 6.45) is 0.318. The van der Waals surface area contributed by atoms with Crippen LogP contribution in [-0.2, 0) is 22.6 Å². The molecule has 0 spiro atoms. The number of rotatable bonds is 6. The van der Waals surface area contributed by atoms with Gasteiger partial charge >= 0.3 is 0 Å². The number of nitrogens with one attached hydrogen (secondary N) is 1. The first-order valence-electron chi connectivity index (χ1n) is 7.87. The molecule has 24 heavy (non-hydrogen) atoms. The van der Waals surface area contributed by atoms with Gasteiger partial charge < -0.3 is 10.2 Å². The van der Waals surface area contributed by atoms with Gasteiger partial charge in [-0.1, -0.05) is 41.9 Å². The van der Waals surface area contributed by atoms with Crippen LogP contribution < -0.4 is 5.32 Å². The molecular weight excluding hydrogens is 324 g/mol. The maximum absolute atomic E-state index is 12.5. The van der Waals surface area contributed by atoms with Gasteiger partial charge in [-0.15, -0.1) is 0 Å². The lowest BCUT2D eigenvalue weighted by atomic mass is 10.1. The van der Waals surface area contributed by atoms with Gasteiger partial charge in [-0.05, 0) is 36.2 Å². The Labute approximate surface area is 147 Å². The molecule has 0 saturated heterocycles. The van der Waals surface area contributed by atoms with Gasteiger partial charge in [0.2, 0.25) is 11.8 Å². The first kappa shape index (κ1) is 18.0. The van der Waals surface area contributed by atoms with Crippen LogP contribution in [0.5, 0.6) is 0 Å². The fourth-order valence-electron chi connectivity index (χ4n) is 2.40. The van der Waals surface area contributed by atoms with E-state index in [0.29, 0.717) is 24.5 Å². The molecule has 0 saturated carbocycles. The summed E-state index contributed by atoms with van der Waals surface area (Å²) in [7, 11) is 0. The second kappa shape index (κ2) is 8.50. The Balaban J connectivity index is 2.01. The first-order valence-corrected chi connectivity index (χ1v) is 8.25. The molecule has 2 aromatic carbocycles. The normalized spacial score (nSPS) is 10.3. The Bertz CT molecular complexity index is 714. The topological polar surface area (TPSA) is 49.4 Å². The SMILES string of the molecule is CCN(Cc1ccccc1Cl)C(=O)Cc1ccc(NC(C)=O)cc1. The van der Waals surface area contributed by atoms with Gasteiger partial charge in [-0.2, -0.15) is 0 Å². The third kappa shape index (κ3) is 5.10. The van der Waals surface area contributed by atoms with E-state index in [0.717, 1.165) is 16.8 Å². The van der Waals surface area contributed by atoms with Crippen LogP contribution in [0.3, 0.4) is 0 Å². The number of carbonyl (C=O) groups excluding carboxylic acids is 2. The Morgan fingerprint density at radius 2 is 1.75 bits per heavy atom. The van der Waals surface area contributed by atoms with Gasteiger partial charge in [0.1, 0.15) is 0 Å². The predicted octanol–water partition coefficient (Wildman–Crippen LogP) is 3.89. The number of likely N-dealkylation sites (N-methyl/N-ethyl adjacent to an activating group) is 1. The molecule has 0 unspecified atom stereocenters. The first-order chi connectivity index (χ1) is 11.5. The summed E-state index contributed by atoms with van der Waals surface area (Å²) in [5, 5.41) is 3.38. The number of halogens is 1. The van der Waals surface area contributed by atoms with E-state index in [-0.39, 0.29) is 11.8 Å². The van der Waals surface area contributed by atoms with E-state index in [9.17, 15) is 9.59 Å². The van der Waals surface area contributed by atoms with E-state index < -0.39 is 0 Å². The van der Waals surface area contributed by atoms with E-state index >= 15 is 0 Å². The zero-order valence-corrected chi connectivity index (χ0v) is 14.6. The molecule has 2 rings (SSSR count). The number of hydrogen-bond donors (Lipinski definition) is 1. The Kier molecular flexibility index (Phi) is 6.38. The molecule has 0 heterocycles. The number of amides is 2. The van der Waals surface area contributed by atoms with E-state index in [1.807, 2.05) is 43.3 Å². The van der Waals surface area contributed by atoms with Crippen LogP contribution in [0, 0.1) is 0 Å². The van der Waals surface area contributed by atoms with Crippen molar-refractivity contribution in [1.82, 2.24) is 4.90 Å². The van der Waals surface area contributed by atoms with Gasteiger partial charge in [0.05, 0.1) is 6.42 Å². The average Bonchev–Trinajstić information content (AvgIpc) is 2.55. The number of nitrogens with zero attached hydrogens (tertiary/aromatic N) is 1. The van der Waals surface area contributed by atoms with Crippen LogP contribution in [-0.4, -0.2) is 23.3 Å². The lowest BCUT2D eigenvalue weighted by molar-refractivity contribution is -0.130. The highest BCUT2D eigenvalue weighted by Crippen LogP contribution is 2.18. The van der Waals surface area contributed by atoms with E-state index in [1.54, 1.807) is 17.0 Å². The molecule has 0 atom stereocenters. The highest BCUT2D eigenvalue weighted by Gasteiger charge is 2.14. The van der Waals surface area contributed by atoms with E-state index in [1.165, 1.54) is 6.92 Å². The molecule has 2 aromatic rings. The monoisotopic (exact) mass is 344 g/mol. The van der Waals surface area contributed by atoms with Crippen LogP contribution >= 0.6 is 11.6 Å². The summed E-state index contributed by atoms with van der Waals surface area (Å²) in [4.78, 5) is 25.3. The highest BCUT2D eigenvalue weighted by atomic mass is 35.5. The zero-order chi connectivity index (χ0) is 17.5. The molecule has 0 radical (unpaired) electrons. The van der Waals surface area contributed by atoms with Crippen molar-refractivity contribution in [3.05, 3.63) is 64.7 Å². The Hall–Kier alpha value is -2.33. The third-order valence-electron chi connectivity index (χ3n) is 3.68. The molecular formula is C19H21ClN2O2. The van der Waals surface area contributed by atoms with Crippen molar-refractivity contribution in [3.63, 3.8) is 0 Å². The van der Waals surface area contributed by atoms with Crippen molar-refractivity contribution in [2.45, 2.75) is 26.8 Å². The largest absolute Gasteiger partial charge is 0.338 e. The van der Waals surface area contributed by atoms with Gasteiger partial charge in [-0.25, -0.2) is 0 Å². The fourth-order valence-corrected chi connectivity index (χ4v) is 2.60. The maximum Gasteiger partial charge on any atom is 0.227 e. The summed E-state index contributed by atoms with van der Waals surface area (Å²) < 4.78 is 0. The van der Waals surface area contributed by atoms with Gasteiger partial charge in [-0.3, -0.25) is 9.59 Å². The van der Waals surface area contributed by atoms with Gasteiger partial charge in [0.15, 0.2) is 0 Å². The molecule has 0 fully saturated rings. The summed E-state index contributed by atoms with van der Waals surface area (Å²) in [5.74, 6) is -0.0691. The quantitative estimate of drug-likeness (QED) is 0.864. The zero-order valence-electron chi connectivity index (χ0n) is 13.9. The van der Waals surface area contributed by atoms with Crippen molar-refractivity contribution in [2.24, 2.45) is 0 Å².